The van der Waals surface area contributed by atoms with E-state index >= 15 is 0 Å². The van der Waals surface area contributed by atoms with E-state index in [2.05, 4.69) is 16.5 Å². The van der Waals surface area contributed by atoms with Crippen LogP contribution in [0.25, 0.3) is 0 Å². The lowest BCUT2D eigenvalue weighted by Crippen LogP contribution is -2.52. The molecule has 0 aromatic heterocycles. The molecule has 0 radical (unpaired) electrons. The van der Waals surface area contributed by atoms with Gasteiger partial charge >= 0.3 is 0 Å². The number of para-hydroxylation sites is 1. The summed E-state index contributed by atoms with van der Waals surface area (Å²) in [7, 11) is -3.22. The van der Waals surface area contributed by atoms with Crippen molar-refractivity contribution in [1.82, 2.24) is 9.62 Å². The molecule has 1 spiro atoms. The maximum absolute atomic E-state index is 12.5. The molecular weight excluding hydrogens is 324 g/mol. The molecule has 24 heavy (non-hydrogen) atoms. The Morgan fingerprint density at radius 3 is 2.62 bits per heavy atom. The molecule has 2 fully saturated rings. The van der Waals surface area contributed by atoms with Gasteiger partial charge in [0, 0.05) is 25.1 Å². The van der Waals surface area contributed by atoms with Crippen molar-refractivity contribution in [2.45, 2.75) is 55.9 Å². The van der Waals surface area contributed by atoms with E-state index in [9.17, 15) is 8.42 Å². The molecule has 1 aromatic rings. The number of nitrogens with one attached hydrogen (secondary N) is 1. The van der Waals surface area contributed by atoms with Crippen LogP contribution in [0, 0.1) is 0 Å². The summed E-state index contributed by atoms with van der Waals surface area (Å²) in [6.07, 6.45) is 4.22. The Kier molecular flexibility index (Phi) is 4.09. The summed E-state index contributed by atoms with van der Waals surface area (Å²) in [6, 6.07) is 7.71. The van der Waals surface area contributed by atoms with Gasteiger partial charge in [-0.05, 0) is 38.3 Å². The van der Waals surface area contributed by atoms with E-state index < -0.39 is 10.0 Å². The minimum Gasteiger partial charge on any atom is -0.487 e. The number of hydrogen-bond donors (Lipinski definition) is 1. The van der Waals surface area contributed by atoms with Gasteiger partial charge in [0.25, 0.3) is 0 Å². The fourth-order valence-corrected chi connectivity index (χ4v) is 5.54. The average Bonchev–Trinajstić information content (AvgIpc) is 3.41. The van der Waals surface area contributed by atoms with Crippen molar-refractivity contribution in [3.8, 4) is 5.75 Å². The monoisotopic (exact) mass is 350 g/mol. The molecule has 1 aliphatic carbocycles. The van der Waals surface area contributed by atoms with Crippen molar-refractivity contribution in [3.05, 3.63) is 29.8 Å². The molecule has 1 saturated carbocycles. The predicted molar refractivity (Wildman–Crippen MR) is 93.6 cm³/mol. The van der Waals surface area contributed by atoms with Crippen LogP contribution in [-0.4, -0.2) is 43.8 Å². The number of hydrogen-bond acceptors (Lipinski definition) is 4. The third-order valence-corrected chi connectivity index (χ3v) is 7.64. The van der Waals surface area contributed by atoms with Crippen LogP contribution < -0.4 is 9.46 Å². The van der Waals surface area contributed by atoms with Crippen LogP contribution in [0.2, 0.25) is 0 Å². The first-order valence-electron chi connectivity index (χ1n) is 9.03. The molecule has 132 valence electrons. The maximum Gasteiger partial charge on any atom is 0.215 e. The lowest BCUT2D eigenvalue weighted by molar-refractivity contribution is -0.0220. The zero-order chi connectivity index (χ0) is 16.8. The first-order valence-corrected chi connectivity index (χ1v) is 10.6. The SMILES string of the molecule is CCN1CCC2(CC1)C[C@H](NS(=O)(=O)C1CC1)c1ccccc1O2. The molecule has 0 amide bonds. The van der Waals surface area contributed by atoms with Crippen LogP contribution in [0.15, 0.2) is 24.3 Å². The smallest absolute Gasteiger partial charge is 0.215 e. The van der Waals surface area contributed by atoms with E-state index in [1.54, 1.807) is 0 Å². The zero-order valence-electron chi connectivity index (χ0n) is 14.2. The second kappa shape index (κ2) is 6.00. The van der Waals surface area contributed by atoms with Gasteiger partial charge in [0.1, 0.15) is 11.4 Å². The van der Waals surface area contributed by atoms with E-state index in [0.29, 0.717) is 0 Å². The van der Waals surface area contributed by atoms with Crippen molar-refractivity contribution < 1.29 is 13.2 Å². The maximum atomic E-state index is 12.5. The van der Waals surface area contributed by atoms with Gasteiger partial charge in [-0.2, -0.15) is 0 Å². The lowest BCUT2D eigenvalue weighted by Gasteiger charge is -2.46. The number of piperidine rings is 1. The van der Waals surface area contributed by atoms with Crippen molar-refractivity contribution in [1.29, 1.82) is 0 Å². The zero-order valence-corrected chi connectivity index (χ0v) is 15.0. The van der Waals surface area contributed by atoms with Gasteiger partial charge < -0.3 is 9.64 Å². The fourth-order valence-electron chi connectivity index (χ4n) is 3.98. The number of nitrogens with zero attached hydrogens (tertiary/aromatic N) is 1. The summed E-state index contributed by atoms with van der Waals surface area (Å²) >= 11 is 0. The molecule has 0 unspecified atom stereocenters. The van der Waals surface area contributed by atoms with Gasteiger partial charge in [-0.15, -0.1) is 0 Å². The van der Waals surface area contributed by atoms with Crippen LogP contribution >= 0.6 is 0 Å². The molecule has 1 aromatic carbocycles. The number of ether oxygens (including phenoxy) is 1. The van der Waals surface area contributed by atoms with Crippen LogP contribution in [0.1, 0.15) is 50.6 Å². The Morgan fingerprint density at radius 2 is 1.96 bits per heavy atom. The highest BCUT2D eigenvalue weighted by molar-refractivity contribution is 7.90. The third kappa shape index (κ3) is 3.07. The lowest BCUT2D eigenvalue weighted by atomic mass is 9.81. The molecule has 5 nitrogen and oxygen atoms in total. The van der Waals surface area contributed by atoms with Crippen molar-refractivity contribution >= 4 is 10.0 Å². The van der Waals surface area contributed by atoms with Crippen LogP contribution in [0.4, 0.5) is 0 Å². The summed E-state index contributed by atoms with van der Waals surface area (Å²) in [5, 5.41) is -0.189. The normalized spacial score (nSPS) is 26.8. The molecule has 1 saturated heterocycles. The highest BCUT2D eigenvalue weighted by atomic mass is 32.2. The summed E-state index contributed by atoms with van der Waals surface area (Å²) in [6.45, 7) is 5.27. The van der Waals surface area contributed by atoms with Crippen molar-refractivity contribution in [2.75, 3.05) is 19.6 Å². The van der Waals surface area contributed by atoms with Crippen molar-refractivity contribution in [2.24, 2.45) is 0 Å². The molecule has 0 bridgehead atoms. The molecule has 2 heterocycles. The second-order valence-corrected chi connectivity index (χ2v) is 9.37. The molecule has 4 rings (SSSR count). The Bertz CT molecular complexity index is 707. The van der Waals surface area contributed by atoms with Gasteiger partial charge in [-0.25, -0.2) is 13.1 Å². The summed E-state index contributed by atoms with van der Waals surface area (Å²) in [5.74, 6) is 0.845. The summed E-state index contributed by atoms with van der Waals surface area (Å²) in [4.78, 5) is 2.43. The largest absolute Gasteiger partial charge is 0.487 e. The highest BCUT2D eigenvalue weighted by Gasteiger charge is 2.45. The standard InChI is InChI=1S/C18H26N2O3S/c1-2-20-11-9-18(10-12-20)13-16(19-24(21,22)14-7-8-14)15-5-3-4-6-17(15)23-18/h3-6,14,16,19H,2,7-13H2,1H3/t16-/m0/s1. The van der Waals surface area contributed by atoms with E-state index in [0.717, 1.165) is 63.1 Å². The fraction of sp³-hybridized carbons (Fsp3) is 0.667. The van der Waals surface area contributed by atoms with Crippen LogP contribution in [0.5, 0.6) is 5.75 Å². The average molecular weight is 350 g/mol. The quantitative estimate of drug-likeness (QED) is 0.906. The minimum atomic E-state index is -3.22. The molecule has 1 N–H and O–H groups in total. The number of benzene rings is 1. The molecule has 6 heteroatoms. The molecule has 2 aliphatic heterocycles. The topological polar surface area (TPSA) is 58.6 Å². The summed E-state index contributed by atoms with van der Waals surface area (Å²) < 4.78 is 34.4. The third-order valence-electron chi connectivity index (χ3n) is 5.68. The van der Waals surface area contributed by atoms with E-state index in [-0.39, 0.29) is 16.9 Å². The van der Waals surface area contributed by atoms with Crippen LogP contribution in [0.3, 0.4) is 0 Å². The van der Waals surface area contributed by atoms with Gasteiger partial charge in [0.15, 0.2) is 0 Å². The highest BCUT2D eigenvalue weighted by Crippen LogP contribution is 2.45. The Balaban J connectivity index is 1.61. The van der Waals surface area contributed by atoms with Gasteiger partial charge in [-0.1, -0.05) is 25.1 Å². The molecular formula is C18H26N2O3S. The summed E-state index contributed by atoms with van der Waals surface area (Å²) in [5.41, 5.74) is 0.738. The molecule has 3 aliphatic rings. The first-order chi connectivity index (χ1) is 11.5. The first kappa shape index (κ1) is 16.4. The predicted octanol–water partition coefficient (Wildman–Crippen LogP) is 2.45. The number of sulfonamides is 1. The van der Waals surface area contributed by atoms with Gasteiger partial charge in [-0.3, -0.25) is 0 Å². The Morgan fingerprint density at radius 1 is 1.25 bits per heavy atom. The van der Waals surface area contributed by atoms with Crippen LogP contribution in [-0.2, 0) is 10.0 Å². The second-order valence-electron chi connectivity index (χ2n) is 7.38. The van der Waals surface area contributed by atoms with E-state index in [4.69, 9.17) is 4.74 Å². The Hall–Kier alpha value is -1.11. The van der Waals surface area contributed by atoms with Crippen molar-refractivity contribution in [3.63, 3.8) is 0 Å². The van der Waals surface area contributed by atoms with Gasteiger partial charge in [0.2, 0.25) is 10.0 Å². The number of fused-ring (bicyclic) bond motifs is 1. The Labute approximate surface area is 144 Å². The van der Waals surface area contributed by atoms with E-state index in [1.165, 1.54) is 0 Å². The number of likely N-dealkylation sites (tertiary alicyclic amines) is 1. The van der Waals surface area contributed by atoms with Gasteiger partial charge in [0.05, 0.1) is 11.3 Å². The number of rotatable bonds is 4. The molecule has 1 atom stereocenters. The van der Waals surface area contributed by atoms with E-state index in [1.807, 2.05) is 24.3 Å². The minimum absolute atomic E-state index is 0.172.